The standard InChI is InChI=1S/C21H27NO2/c1-18(11-12-22-13-15-23-16-14-22)20-9-7-19(8-10-20)17-24-21-5-3-2-4-6-21/h2-10,18H,11-17H2,1H3/t18-/m0/s1. The van der Waals surface area contributed by atoms with Crippen molar-refractivity contribution in [1.82, 2.24) is 4.90 Å². The Balaban J connectivity index is 1.46. The summed E-state index contributed by atoms with van der Waals surface area (Å²) in [4.78, 5) is 2.50. The summed E-state index contributed by atoms with van der Waals surface area (Å²) in [5.74, 6) is 1.50. The molecule has 1 heterocycles. The van der Waals surface area contributed by atoms with E-state index in [1.165, 1.54) is 17.5 Å². The van der Waals surface area contributed by atoms with Gasteiger partial charge in [0, 0.05) is 13.1 Å². The summed E-state index contributed by atoms with van der Waals surface area (Å²) in [6.07, 6.45) is 1.19. The fraction of sp³-hybridized carbons (Fsp3) is 0.429. The van der Waals surface area contributed by atoms with Crippen LogP contribution in [0.1, 0.15) is 30.4 Å². The molecule has 0 aliphatic carbocycles. The molecule has 1 fully saturated rings. The number of nitrogens with zero attached hydrogens (tertiary/aromatic N) is 1. The highest BCUT2D eigenvalue weighted by Gasteiger charge is 2.12. The van der Waals surface area contributed by atoms with E-state index < -0.39 is 0 Å². The van der Waals surface area contributed by atoms with Crippen molar-refractivity contribution in [3.63, 3.8) is 0 Å². The van der Waals surface area contributed by atoms with Crippen LogP contribution in [0.2, 0.25) is 0 Å². The first-order valence-electron chi connectivity index (χ1n) is 8.88. The normalized spacial score (nSPS) is 16.7. The number of benzene rings is 2. The minimum Gasteiger partial charge on any atom is -0.489 e. The lowest BCUT2D eigenvalue weighted by molar-refractivity contribution is 0.0367. The molecule has 1 aliphatic rings. The Morgan fingerprint density at radius 2 is 1.71 bits per heavy atom. The summed E-state index contributed by atoms with van der Waals surface area (Å²) in [5, 5.41) is 0. The first-order chi connectivity index (χ1) is 11.8. The predicted octanol–water partition coefficient (Wildman–Crippen LogP) is 4.09. The van der Waals surface area contributed by atoms with Gasteiger partial charge in [0.25, 0.3) is 0 Å². The third-order valence-electron chi connectivity index (χ3n) is 4.68. The lowest BCUT2D eigenvalue weighted by Gasteiger charge is -2.27. The summed E-state index contributed by atoms with van der Waals surface area (Å²) in [7, 11) is 0. The summed E-state index contributed by atoms with van der Waals surface area (Å²) in [5.41, 5.74) is 2.62. The molecule has 24 heavy (non-hydrogen) atoms. The van der Waals surface area contributed by atoms with Gasteiger partial charge in [-0.15, -0.1) is 0 Å². The molecule has 1 aliphatic heterocycles. The van der Waals surface area contributed by atoms with Crippen LogP contribution in [0.4, 0.5) is 0 Å². The van der Waals surface area contributed by atoms with Crippen molar-refractivity contribution in [2.75, 3.05) is 32.8 Å². The fourth-order valence-electron chi connectivity index (χ4n) is 2.99. The van der Waals surface area contributed by atoms with E-state index in [-0.39, 0.29) is 0 Å². The van der Waals surface area contributed by atoms with E-state index in [0.29, 0.717) is 12.5 Å². The number of morpholine rings is 1. The Kier molecular flexibility index (Phi) is 6.27. The van der Waals surface area contributed by atoms with Crippen LogP contribution in [-0.2, 0) is 11.3 Å². The molecule has 3 heteroatoms. The zero-order valence-electron chi connectivity index (χ0n) is 14.5. The van der Waals surface area contributed by atoms with E-state index in [1.54, 1.807) is 0 Å². The molecule has 0 spiro atoms. The molecule has 0 N–H and O–H groups in total. The monoisotopic (exact) mass is 325 g/mol. The van der Waals surface area contributed by atoms with Crippen molar-refractivity contribution in [3.05, 3.63) is 65.7 Å². The lowest BCUT2D eigenvalue weighted by Crippen LogP contribution is -2.37. The number of rotatable bonds is 7. The van der Waals surface area contributed by atoms with Gasteiger partial charge in [0.2, 0.25) is 0 Å². The van der Waals surface area contributed by atoms with Gasteiger partial charge >= 0.3 is 0 Å². The summed E-state index contributed by atoms with van der Waals surface area (Å²) in [6.45, 7) is 7.99. The summed E-state index contributed by atoms with van der Waals surface area (Å²) < 4.78 is 11.2. The maximum atomic E-state index is 5.80. The third kappa shape index (κ3) is 5.08. The number of hydrogen-bond acceptors (Lipinski definition) is 3. The third-order valence-corrected chi connectivity index (χ3v) is 4.68. The zero-order chi connectivity index (χ0) is 16.6. The molecule has 1 saturated heterocycles. The van der Waals surface area contributed by atoms with Crippen LogP contribution in [0.5, 0.6) is 5.75 Å². The van der Waals surface area contributed by atoms with Gasteiger partial charge in [-0.2, -0.15) is 0 Å². The van der Waals surface area contributed by atoms with Crippen molar-refractivity contribution >= 4 is 0 Å². The molecule has 3 rings (SSSR count). The van der Waals surface area contributed by atoms with Crippen LogP contribution < -0.4 is 4.74 Å². The van der Waals surface area contributed by atoms with E-state index in [0.717, 1.165) is 38.6 Å². The number of ether oxygens (including phenoxy) is 2. The van der Waals surface area contributed by atoms with E-state index >= 15 is 0 Å². The molecule has 0 aromatic heterocycles. The molecule has 0 saturated carbocycles. The summed E-state index contributed by atoms with van der Waals surface area (Å²) in [6, 6.07) is 18.8. The molecule has 0 bridgehead atoms. The molecular weight excluding hydrogens is 298 g/mol. The largest absolute Gasteiger partial charge is 0.489 e. The first-order valence-corrected chi connectivity index (χ1v) is 8.88. The van der Waals surface area contributed by atoms with Gasteiger partial charge < -0.3 is 9.47 Å². The van der Waals surface area contributed by atoms with Gasteiger partial charge in [-0.05, 0) is 42.1 Å². The summed E-state index contributed by atoms with van der Waals surface area (Å²) >= 11 is 0. The van der Waals surface area contributed by atoms with Crippen LogP contribution in [0, 0.1) is 0 Å². The van der Waals surface area contributed by atoms with Crippen LogP contribution in [0.25, 0.3) is 0 Å². The van der Waals surface area contributed by atoms with Crippen molar-refractivity contribution in [2.24, 2.45) is 0 Å². The maximum absolute atomic E-state index is 5.80. The van der Waals surface area contributed by atoms with Crippen LogP contribution in [0.15, 0.2) is 54.6 Å². The van der Waals surface area contributed by atoms with E-state index in [9.17, 15) is 0 Å². The van der Waals surface area contributed by atoms with E-state index in [1.807, 2.05) is 30.3 Å². The smallest absolute Gasteiger partial charge is 0.119 e. The Bertz CT molecular complexity index is 591. The molecule has 3 nitrogen and oxygen atoms in total. The average molecular weight is 325 g/mol. The van der Waals surface area contributed by atoms with Gasteiger partial charge in [-0.3, -0.25) is 4.90 Å². The second kappa shape index (κ2) is 8.86. The molecule has 0 radical (unpaired) electrons. The minimum absolute atomic E-state index is 0.580. The van der Waals surface area contributed by atoms with Gasteiger partial charge in [0.1, 0.15) is 12.4 Å². The van der Waals surface area contributed by atoms with Crippen LogP contribution in [0.3, 0.4) is 0 Å². The number of hydrogen-bond donors (Lipinski definition) is 0. The minimum atomic E-state index is 0.580. The fourth-order valence-corrected chi connectivity index (χ4v) is 2.99. The Morgan fingerprint density at radius 3 is 2.42 bits per heavy atom. The van der Waals surface area contributed by atoms with Crippen molar-refractivity contribution in [1.29, 1.82) is 0 Å². The average Bonchev–Trinajstić information content (AvgIpc) is 2.66. The molecule has 2 aromatic rings. The Labute approximate surface area is 145 Å². The van der Waals surface area contributed by atoms with Gasteiger partial charge in [0.15, 0.2) is 0 Å². The molecular formula is C21H27NO2. The molecule has 0 amide bonds. The van der Waals surface area contributed by atoms with Crippen LogP contribution >= 0.6 is 0 Å². The van der Waals surface area contributed by atoms with Gasteiger partial charge in [0.05, 0.1) is 13.2 Å². The van der Waals surface area contributed by atoms with Crippen LogP contribution in [-0.4, -0.2) is 37.7 Å². The van der Waals surface area contributed by atoms with Crippen molar-refractivity contribution in [2.45, 2.75) is 25.9 Å². The molecule has 0 unspecified atom stereocenters. The van der Waals surface area contributed by atoms with Crippen molar-refractivity contribution in [3.8, 4) is 5.75 Å². The quantitative estimate of drug-likeness (QED) is 0.765. The second-order valence-corrected chi connectivity index (χ2v) is 6.49. The SMILES string of the molecule is C[C@@H](CCN1CCOCC1)c1ccc(COc2ccccc2)cc1. The highest BCUT2D eigenvalue weighted by molar-refractivity contribution is 5.26. The zero-order valence-corrected chi connectivity index (χ0v) is 14.5. The highest BCUT2D eigenvalue weighted by atomic mass is 16.5. The predicted molar refractivity (Wildman–Crippen MR) is 97.5 cm³/mol. The van der Waals surface area contributed by atoms with E-state index in [4.69, 9.17) is 9.47 Å². The van der Waals surface area contributed by atoms with Gasteiger partial charge in [-0.1, -0.05) is 49.4 Å². The van der Waals surface area contributed by atoms with Crippen molar-refractivity contribution < 1.29 is 9.47 Å². The number of para-hydroxylation sites is 1. The second-order valence-electron chi connectivity index (χ2n) is 6.49. The molecule has 1 atom stereocenters. The van der Waals surface area contributed by atoms with Gasteiger partial charge in [-0.25, -0.2) is 0 Å². The van der Waals surface area contributed by atoms with E-state index in [2.05, 4.69) is 36.1 Å². The maximum Gasteiger partial charge on any atom is 0.119 e. The molecule has 128 valence electrons. The first kappa shape index (κ1) is 17.0. The lowest BCUT2D eigenvalue weighted by atomic mass is 9.96. The highest BCUT2D eigenvalue weighted by Crippen LogP contribution is 2.21. The Hall–Kier alpha value is -1.84. The topological polar surface area (TPSA) is 21.7 Å². The Morgan fingerprint density at radius 1 is 1.00 bits per heavy atom. The molecule has 2 aromatic carbocycles.